The van der Waals surface area contributed by atoms with Gasteiger partial charge in [-0.2, -0.15) is 5.26 Å². The molecule has 7 nitrogen and oxygen atoms in total. The number of benzene rings is 1. The summed E-state index contributed by atoms with van der Waals surface area (Å²) in [6.45, 7) is 4.04. The molecule has 1 aromatic heterocycles. The molecule has 0 aliphatic carbocycles. The van der Waals surface area contributed by atoms with Crippen LogP contribution in [0.3, 0.4) is 0 Å². The van der Waals surface area contributed by atoms with E-state index in [9.17, 15) is 9.59 Å². The Morgan fingerprint density at radius 2 is 1.96 bits per heavy atom. The molecule has 25 heavy (non-hydrogen) atoms. The number of rotatable bonds is 6. The van der Waals surface area contributed by atoms with E-state index >= 15 is 0 Å². The quantitative estimate of drug-likeness (QED) is 0.620. The van der Waals surface area contributed by atoms with Crippen LogP contribution in [-0.2, 0) is 11.8 Å². The monoisotopic (exact) mass is 340 g/mol. The summed E-state index contributed by atoms with van der Waals surface area (Å²) in [6, 6.07) is 8.72. The van der Waals surface area contributed by atoms with Crippen LogP contribution in [0.5, 0.6) is 0 Å². The molecule has 2 rings (SSSR count). The van der Waals surface area contributed by atoms with Crippen LogP contribution in [-0.4, -0.2) is 17.1 Å². The number of aryl methyl sites for hydroxylation is 1. The zero-order valence-electron chi connectivity index (χ0n) is 14.4. The van der Waals surface area contributed by atoms with Crippen molar-refractivity contribution in [1.82, 2.24) is 4.57 Å². The molecule has 130 valence electrons. The first-order chi connectivity index (χ1) is 12.0. The van der Waals surface area contributed by atoms with Crippen molar-refractivity contribution < 1.29 is 9.53 Å². The second-order valence-electron chi connectivity index (χ2n) is 5.53. The van der Waals surface area contributed by atoms with E-state index in [0.29, 0.717) is 23.4 Å². The van der Waals surface area contributed by atoms with Gasteiger partial charge in [0.05, 0.1) is 23.5 Å². The van der Waals surface area contributed by atoms with Crippen LogP contribution in [0.1, 0.15) is 34.8 Å². The van der Waals surface area contributed by atoms with E-state index in [-0.39, 0.29) is 17.1 Å². The summed E-state index contributed by atoms with van der Waals surface area (Å²) in [5, 5.41) is 9.12. The van der Waals surface area contributed by atoms with Gasteiger partial charge in [-0.3, -0.25) is 10.2 Å². The number of carbonyl (C=O) groups is 1. The van der Waals surface area contributed by atoms with Gasteiger partial charge in [0.15, 0.2) is 0 Å². The third-order valence-electron chi connectivity index (χ3n) is 3.65. The SMILES string of the molecule is CCCOC(=O)c1ccc(NNc2cn(C)c(=O)c(C#N)c2C)cc1. The Kier molecular flexibility index (Phi) is 5.79. The molecule has 7 heteroatoms. The van der Waals surface area contributed by atoms with E-state index in [0.717, 1.165) is 12.1 Å². The number of nitrogens with one attached hydrogen (secondary N) is 2. The highest BCUT2D eigenvalue weighted by Gasteiger charge is 2.11. The van der Waals surface area contributed by atoms with Crippen LogP contribution < -0.4 is 16.4 Å². The van der Waals surface area contributed by atoms with Gasteiger partial charge in [0.2, 0.25) is 0 Å². The minimum atomic E-state index is -0.353. The molecule has 0 unspecified atom stereocenters. The highest BCUT2D eigenvalue weighted by Crippen LogP contribution is 2.16. The van der Waals surface area contributed by atoms with E-state index < -0.39 is 0 Å². The molecule has 0 saturated carbocycles. The fraction of sp³-hybridized carbons (Fsp3) is 0.278. The van der Waals surface area contributed by atoms with Crippen molar-refractivity contribution in [2.75, 3.05) is 17.5 Å². The number of anilines is 2. The van der Waals surface area contributed by atoms with Crippen LogP contribution in [0.15, 0.2) is 35.3 Å². The average Bonchev–Trinajstić information content (AvgIpc) is 2.62. The van der Waals surface area contributed by atoms with Crippen LogP contribution >= 0.6 is 0 Å². The number of hydrazine groups is 1. The van der Waals surface area contributed by atoms with Gasteiger partial charge < -0.3 is 14.7 Å². The molecule has 1 aromatic carbocycles. The van der Waals surface area contributed by atoms with Gasteiger partial charge in [0.1, 0.15) is 11.6 Å². The van der Waals surface area contributed by atoms with Crippen LogP contribution in [0.25, 0.3) is 0 Å². The molecular weight excluding hydrogens is 320 g/mol. The number of hydrogen-bond acceptors (Lipinski definition) is 6. The highest BCUT2D eigenvalue weighted by atomic mass is 16.5. The summed E-state index contributed by atoms with van der Waals surface area (Å²) >= 11 is 0. The summed E-state index contributed by atoms with van der Waals surface area (Å²) < 4.78 is 6.42. The standard InChI is InChI=1S/C18H20N4O3/c1-4-9-25-18(24)13-5-7-14(8-6-13)20-21-16-11-22(3)17(23)15(10-19)12(16)2/h5-8,11,20-21H,4,9H2,1-3H3. The number of esters is 1. The Labute approximate surface area is 145 Å². The fourth-order valence-electron chi connectivity index (χ4n) is 2.19. The van der Waals surface area contributed by atoms with E-state index in [4.69, 9.17) is 10.00 Å². The van der Waals surface area contributed by atoms with Gasteiger partial charge in [0, 0.05) is 13.2 Å². The summed E-state index contributed by atoms with van der Waals surface area (Å²) in [7, 11) is 1.59. The molecule has 0 aliphatic rings. The molecule has 0 spiro atoms. The molecule has 2 N–H and O–H groups in total. The number of aromatic nitrogens is 1. The molecule has 0 amide bonds. The van der Waals surface area contributed by atoms with Crippen LogP contribution in [0.4, 0.5) is 11.4 Å². The van der Waals surface area contributed by atoms with Crippen molar-refractivity contribution in [3.63, 3.8) is 0 Å². The lowest BCUT2D eigenvalue weighted by Crippen LogP contribution is -2.23. The summed E-state index contributed by atoms with van der Waals surface area (Å²) in [6.07, 6.45) is 2.39. The number of hydrogen-bond donors (Lipinski definition) is 2. The zero-order chi connectivity index (χ0) is 18.4. The van der Waals surface area contributed by atoms with E-state index in [2.05, 4.69) is 10.9 Å². The lowest BCUT2D eigenvalue weighted by atomic mass is 10.1. The van der Waals surface area contributed by atoms with Crippen LogP contribution in [0, 0.1) is 18.3 Å². The van der Waals surface area contributed by atoms with Crippen molar-refractivity contribution in [3.05, 3.63) is 57.5 Å². The fourth-order valence-corrected chi connectivity index (χ4v) is 2.19. The van der Waals surface area contributed by atoms with Gasteiger partial charge in [-0.1, -0.05) is 6.92 Å². The first kappa shape index (κ1) is 18.1. The topological polar surface area (TPSA) is 96.2 Å². The van der Waals surface area contributed by atoms with Gasteiger partial charge in [0.25, 0.3) is 5.56 Å². The molecular formula is C18H20N4O3. The summed E-state index contributed by atoms with van der Waals surface area (Å²) in [4.78, 5) is 23.6. The molecule has 0 fully saturated rings. The molecule has 0 bridgehead atoms. The second-order valence-corrected chi connectivity index (χ2v) is 5.53. The predicted octanol–water partition coefficient (Wildman–Crippen LogP) is 2.57. The number of pyridine rings is 1. The Balaban J connectivity index is 2.10. The maximum atomic E-state index is 11.9. The second kappa shape index (κ2) is 8.02. The molecule has 0 aliphatic heterocycles. The third kappa shape index (κ3) is 4.18. The summed E-state index contributed by atoms with van der Waals surface area (Å²) in [5.41, 5.74) is 8.11. The van der Waals surface area contributed by atoms with Gasteiger partial charge >= 0.3 is 5.97 Å². The predicted molar refractivity (Wildman–Crippen MR) is 95.4 cm³/mol. The number of carbonyl (C=O) groups excluding carboxylic acids is 1. The minimum Gasteiger partial charge on any atom is -0.462 e. The molecule has 1 heterocycles. The minimum absolute atomic E-state index is 0.100. The van der Waals surface area contributed by atoms with Crippen molar-refractivity contribution >= 4 is 17.3 Å². The van der Waals surface area contributed by atoms with Crippen molar-refractivity contribution in [2.45, 2.75) is 20.3 Å². The van der Waals surface area contributed by atoms with E-state index in [1.807, 2.05) is 13.0 Å². The molecule has 0 atom stereocenters. The van der Waals surface area contributed by atoms with Crippen molar-refractivity contribution in [1.29, 1.82) is 5.26 Å². The van der Waals surface area contributed by atoms with Gasteiger partial charge in [-0.25, -0.2) is 4.79 Å². The summed E-state index contributed by atoms with van der Waals surface area (Å²) in [5.74, 6) is -0.353. The highest BCUT2D eigenvalue weighted by molar-refractivity contribution is 5.89. The Hall–Kier alpha value is -3.27. The lowest BCUT2D eigenvalue weighted by molar-refractivity contribution is 0.0505. The largest absolute Gasteiger partial charge is 0.462 e. The number of nitriles is 1. The number of nitrogens with zero attached hydrogens (tertiary/aromatic N) is 2. The van der Waals surface area contributed by atoms with Crippen LogP contribution in [0.2, 0.25) is 0 Å². The first-order valence-electron chi connectivity index (χ1n) is 7.87. The smallest absolute Gasteiger partial charge is 0.338 e. The van der Waals surface area contributed by atoms with Gasteiger partial charge in [-0.05, 0) is 43.2 Å². The Morgan fingerprint density at radius 1 is 1.28 bits per heavy atom. The van der Waals surface area contributed by atoms with E-state index in [1.165, 1.54) is 4.57 Å². The Morgan fingerprint density at radius 3 is 2.56 bits per heavy atom. The third-order valence-corrected chi connectivity index (χ3v) is 3.65. The maximum Gasteiger partial charge on any atom is 0.338 e. The average molecular weight is 340 g/mol. The zero-order valence-corrected chi connectivity index (χ0v) is 14.4. The molecule has 0 saturated heterocycles. The Bertz CT molecular complexity index is 864. The molecule has 0 radical (unpaired) electrons. The first-order valence-corrected chi connectivity index (χ1v) is 7.87. The van der Waals surface area contributed by atoms with Gasteiger partial charge in [-0.15, -0.1) is 0 Å². The van der Waals surface area contributed by atoms with E-state index in [1.54, 1.807) is 44.4 Å². The number of ether oxygens (including phenoxy) is 1. The van der Waals surface area contributed by atoms with Crippen molar-refractivity contribution in [2.24, 2.45) is 7.05 Å². The maximum absolute atomic E-state index is 11.9. The molecule has 2 aromatic rings. The lowest BCUT2D eigenvalue weighted by Gasteiger charge is -2.14. The normalized spacial score (nSPS) is 10.0. The van der Waals surface area contributed by atoms with Crippen molar-refractivity contribution in [3.8, 4) is 6.07 Å².